The van der Waals surface area contributed by atoms with Crippen molar-refractivity contribution in [1.82, 2.24) is 4.90 Å². The predicted octanol–water partition coefficient (Wildman–Crippen LogP) is 6.39. The van der Waals surface area contributed by atoms with Crippen LogP contribution in [0.4, 0.5) is 9.39 Å². The molecule has 4 rings (SSSR count). The molecular weight excluding hydrogens is 403 g/mol. The maximum atomic E-state index is 14.9. The maximum absolute atomic E-state index is 14.9. The number of hydrogen-bond donors (Lipinski definition) is 1. The normalized spacial score (nSPS) is 16.0. The number of hydrogen-bond acceptors (Lipinski definition) is 4. The fourth-order valence-electron chi connectivity index (χ4n) is 4.05. The zero-order valence-electron chi connectivity index (χ0n) is 16.7. The molecule has 2 aromatic heterocycles. The molecule has 1 saturated heterocycles. The van der Waals surface area contributed by atoms with Gasteiger partial charge in [-0.1, -0.05) is 30.7 Å². The number of benzene rings is 1. The van der Waals surface area contributed by atoms with E-state index in [2.05, 4.69) is 24.1 Å². The van der Waals surface area contributed by atoms with Crippen molar-refractivity contribution in [3.05, 3.63) is 74.0 Å². The zero-order valence-corrected chi connectivity index (χ0v) is 18.3. The Kier molecular flexibility index (Phi) is 6.13. The lowest BCUT2D eigenvalue weighted by molar-refractivity contribution is 0.103. The van der Waals surface area contributed by atoms with Crippen molar-refractivity contribution in [1.29, 1.82) is 0 Å². The van der Waals surface area contributed by atoms with Crippen LogP contribution in [0.3, 0.4) is 0 Å². The summed E-state index contributed by atoms with van der Waals surface area (Å²) in [4.78, 5) is 17.0. The number of halogens is 1. The molecule has 1 amide bonds. The molecule has 1 atom stereocenters. The van der Waals surface area contributed by atoms with Gasteiger partial charge in [0.1, 0.15) is 10.8 Å². The number of nitrogens with zero attached hydrogens (tertiary/aromatic N) is 1. The average Bonchev–Trinajstić information content (AvgIpc) is 3.35. The van der Waals surface area contributed by atoms with Gasteiger partial charge in [0.2, 0.25) is 0 Å². The molecule has 0 radical (unpaired) electrons. The molecule has 1 aromatic carbocycles. The summed E-state index contributed by atoms with van der Waals surface area (Å²) in [6.07, 6.45) is 3.44. The Morgan fingerprint density at radius 3 is 2.55 bits per heavy atom. The first-order chi connectivity index (χ1) is 14.1. The highest BCUT2D eigenvalue weighted by molar-refractivity contribution is 7.17. The van der Waals surface area contributed by atoms with Crippen LogP contribution in [0.1, 0.15) is 56.5 Å². The van der Waals surface area contributed by atoms with Gasteiger partial charge in [0.15, 0.2) is 0 Å². The molecule has 1 aliphatic rings. The smallest absolute Gasteiger partial charge is 0.266 e. The fraction of sp³-hybridized carbons (Fsp3) is 0.348. The topological polar surface area (TPSA) is 32.3 Å². The van der Waals surface area contributed by atoms with Crippen LogP contribution in [0.5, 0.6) is 0 Å². The van der Waals surface area contributed by atoms with Crippen LogP contribution in [0.2, 0.25) is 0 Å². The van der Waals surface area contributed by atoms with Gasteiger partial charge in [-0.2, -0.15) is 0 Å². The SMILES string of the molecule is Cc1sc(NC(=O)c2cccs2)c([C@H](c2ccccc2F)N2CCCCC2)c1C. The van der Waals surface area contributed by atoms with E-state index < -0.39 is 0 Å². The van der Waals surface area contributed by atoms with Crippen LogP contribution in [-0.4, -0.2) is 23.9 Å². The number of thiophene rings is 2. The highest BCUT2D eigenvalue weighted by atomic mass is 32.1. The summed E-state index contributed by atoms with van der Waals surface area (Å²) in [5, 5.41) is 5.85. The van der Waals surface area contributed by atoms with Crippen molar-refractivity contribution in [2.75, 3.05) is 18.4 Å². The van der Waals surface area contributed by atoms with Gasteiger partial charge in [0.05, 0.1) is 10.9 Å². The first kappa shape index (κ1) is 20.3. The summed E-state index contributed by atoms with van der Waals surface area (Å²) in [6.45, 7) is 6.02. The van der Waals surface area contributed by atoms with Gasteiger partial charge in [-0.05, 0) is 62.9 Å². The standard InChI is InChI=1S/C23H25FN2OS2/c1-15-16(2)29-23(25-22(27)19-11-8-14-28-19)20(15)21(26-12-6-3-7-13-26)17-9-4-5-10-18(17)24/h4-5,8-11,14,21H,3,6-7,12-13H2,1-2H3,(H,25,27)/t21-/m0/s1. The van der Waals surface area contributed by atoms with Crippen molar-refractivity contribution in [3.8, 4) is 0 Å². The third kappa shape index (κ3) is 4.15. The van der Waals surface area contributed by atoms with Gasteiger partial charge in [-0.15, -0.1) is 22.7 Å². The summed E-state index contributed by atoms with van der Waals surface area (Å²) < 4.78 is 14.9. The van der Waals surface area contributed by atoms with E-state index in [0.717, 1.165) is 46.9 Å². The first-order valence-corrected chi connectivity index (χ1v) is 11.7. The highest BCUT2D eigenvalue weighted by Crippen LogP contribution is 2.43. The van der Waals surface area contributed by atoms with Crippen molar-refractivity contribution >= 4 is 33.6 Å². The number of anilines is 1. The number of nitrogens with one attached hydrogen (secondary N) is 1. The van der Waals surface area contributed by atoms with Gasteiger partial charge >= 0.3 is 0 Å². The third-order valence-electron chi connectivity index (χ3n) is 5.63. The molecule has 1 aliphatic heterocycles. The van der Waals surface area contributed by atoms with E-state index in [1.807, 2.05) is 29.6 Å². The fourth-order valence-corrected chi connectivity index (χ4v) is 5.75. The molecular formula is C23H25FN2OS2. The monoisotopic (exact) mass is 428 g/mol. The van der Waals surface area contributed by atoms with Crippen molar-refractivity contribution in [2.24, 2.45) is 0 Å². The summed E-state index contributed by atoms with van der Waals surface area (Å²) in [7, 11) is 0. The van der Waals surface area contributed by atoms with Crippen LogP contribution in [0.25, 0.3) is 0 Å². The van der Waals surface area contributed by atoms with Gasteiger partial charge in [0.25, 0.3) is 5.91 Å². The second kappa shape index (κ2) is 8.78. The van der Waals surface area contributed by atoms with Gasteiger partial charge in [-0.3, -0.25) is 9.69 Å². The molecule has 0 saturated carbocycles. The number of carbonyl (C=O) groups excluding carboxylic acids is 1. The van der Waals surface area contributed by atoms with E-state index in [-0.39, 0.29) is 17.8 Å². The lowest BCUT2D eigenvalue weighted by Crippen LogP contribution is -2.35. The van der Waals surface area contributed by atoms with Crippen LogP contribution in [-0.2, 0) is 0 Å². The molecule has 0 bridgehead atoms. The highest BCUT2D eigenvalue weighted by Gasteiger charge is 2.31. The summed E-state index contributed by atoms with van der Waals surface area (Å²) >= 11 is 3.01. The molecule has 0 aliphatic carbocycles. The number of carbonyl (C=O) groups is 1. The Morgan fingerprint density at radius 2 is 1.86 bits per heavy atom. The van der Waals surface area contributed by atoms with E-state index in [1.54, 1.807) is 17.4 Å². The Morgan fingerprint density at radius 1 is 1.10 bits per heavy atom. The summed E-state index contributed by atoms with van der Waals surface area (Å²) in [5.74, 6) is -0.296. The van der Waals surface area contributed by atoms with Gasteiger partial charge in [0, 0.05) is 16.0 Å². The Labute approximate surface area is 179 Å². The van der Waals surface area contributed by atoms with E-state index >= 15 is 0 Å². The maximum Gasteiger partial charge on any atom is 0.266 e. The second-order valence-electron chi connectivity index (χ2n) is 7.48. The molecule has 0 unspecified atom stereocenters. The zero-order chi connectivity index (χ0) is 20.4. The van der Waals surface area contributed by atoms with Crippen LogP contribution < -0.4 is 5.32 Å². The Hall–Kier alpha value is -2.02. The van der Waals surface area contributed by atoms with E-state index in [9.17, 15) is 9.18 Å². The molecule has 6 heteroatoms. The molecule has 3 aromatic rings. The van der Waals surface area contributed by atoms with Crippen LogP contribution in [0, 0.1) is 19.7 Å². The van der Waals surface area contributed by atoms with Crippen LogP contribution >= 0.6 is 22.7 Å². The quantitative estimate of drug-likeness (QED) is 0.510. The van der Waals surface area contributed by atoms with E-state index in [0.29, 0.717) is 10.4 Å². The Balaban J connectivity index is 1.79. The summed E-state index contributed by atoms with van der Waals surface area (Å²) in [6, 6.07) is 10.6. The molecule has 152 valence electrons. The van der Waals surface area contributed by atoms with Crippen LogP contribution in [0.15, 0.2) is 41.8 Å². The number of likely N-dealkylation sites (tertiary alicyclic amines) is 1. The largest absolute Gasteiger partial charge is 0.313 e. The van der Waals surface area contributed by atoms with Crippen molar-refractivity contribution in [2.45, 2.75) is 39.2 Å². The molecule has 29 heavy (non-hydrogen) atoms. The first-order valence-electron chi connectivity index (χ1n) is 9.99. The molecule has 3 nitrogen and oxygen atoms in total. The molecule has 3 heterocycles. The molecule has 1 fully saturated rings. The lowest BCUT2D eigenvalue weighted by atomic mass is 9.93. The predicted molar refractivity (Wildman–Crippen MR) is 120 cm³/mol. The van der Waals surface area contributed by atoms with E-state index in [4.69, 9.17) is 0 Å². The Bertz CT molecular complexity index is 990. The minimum Gasteiger partial charge on any atom is -0.313 e. The third-order valence-corrected chi connectivity index (χ3v) is 7.64. The number of aryl methyl sites for hydroxylation is 1. The molecule has 0 spiro atoms. The number of amides is 1. The average molecular weight is 429 g/mol. The second-order valence-corrected chi connectivity index (χ2v) is 9.65. The number of piperidine rings is 1. The number of rotatable bonds is 5. The van der Waals surface area contributed by atoms with Gasteiger partial charge in [-0.25, -0.2) is 4.39 Å². The van der Waals surface area contributed by atoms with E-state index in [1.165, 1.54) is 23.8 Å². The van der Waals surface area contributed by atoms with Crippen molar-refractivity contribution in [3.63, 3.8) is 0 Å². The minimum atomic E-state index is -0.194. The lowest BCUT2D eigenvalue weighted by Gasteiger charge is -2.36. The molecule has 1 N–H and O–H groups in total. The van der Waals surface area contributed by atoms with Crippen molar-refractivity contribution < 1.29 is 9.18 Å². The minimum absolute atomic E-state index is 0.103. The summed E-state index contributed by atoms with van der Waals surface area (Å²) in [5.41, 5.74) is 2.85. The van der Waals surface area contributed by atoms with Gasteiger partial charge < -0.3 is 5.32 Å².